The largest absolute Gasteiger partial charge is 0.420 e. The molecule has 9 heteroatoms. The van der Waals surface area contributed by atoms with E-state index in [1.165, 1.54) is 5.56 Å². The van der Waals surface area contributed by atoms with Gasteiger partial charge in [0.2, 0.25) is 11.8 Å². The fourth-order valence-corrected chi connectivity index (χ4v) is 5.05. The second-order valence-electron chi connectivity index (χ2n) is 9.68. The number of ether oxygens (including phenoxy) is 1. The first-order valence-corrected chi connectivity index (χ1v) is 13.0. The highest BCUT2D eigenvalue weighted by molar-refractivity contribution is 5.78. The van der Waals surface area contributed by atoms with Gasteiger partial charge in [0, 0.05) is 0 Å². The number of benzene rings is 3. The molecule has 0 aliphatic carbocycles. The maximum atomic E-state index is 6.48. The van der Waals surface area contributed by atoms with E-state index in [-0.39, 0.29) is 12.5 Å². The Balaban J connectivity index is 1.31. The van der Waals surface area contributed by atoms with Gasteiger partial charge in [0.25, 0.3) is 0 Å². The molecule has 0 unspecified atom stereocenters. The Morgan fingerprint density at radius 3 is 2.42 bits per heavy atom. The number of nitrogens with zero attached hydrogens (tertiary/aromatic N) is 7. The van der Waals surface area contributed by atoms with Crippen molar-refractivity contribution < 1.29 is 9.57 Å². The summed E-state index contributed by atoms with van der Waals surface area (Å²) in [6.45, 7) is 4.21. The van der Waals surface area contributed by atoms with E-state index in [1.807, 2.05) is 72.3 Å². The highest BCUT2D eigenvalue weighted by Gasteiger charge is 2.38. The second kappa shape index (κ2) is 9.77. The third-order valence-corrected chi connectivity index (χ3v) is 6.95. The molecule has 1 aliphatic rings. The van der Waals surface area contributed by atoms with Crippen molar-refractivity contribution in [2.24, 2.45) is 5.16 Å². The molecule has 0 saturated carbocycles. The molecule has 0 fully saturated rings. The first-order chi connectivity index (χ1) is 19.7. The van der Waals surface area contributed by atoms with E-state index in [0.29, 0.717) is 23.2 Å². The minimum absolute atomic E-state index is 0.117. The molecule has 0 saturated heterocycles. The van der Waals surface area contributed by atoms with Crippen molar-refractivity contribution in [3.05, 3.63) is 131 Å². The monoisotopic (exact) mass is 527 g/mol. The van der Waals surface area contributed by atoms with Crippen molar-refractivity contribution in [3.63, 3.8) is 0 Å². The van der Waals surface area contributed by atoms with Crippen LogP contribution in [0, 0.1) is 13.8 Å². The molecule has 0 radical (unpaired) electrons. The molecule has 1 aliphatic heterocycles. The third kappa shape index (κ3) is 4.17. The minimum Gasteiger partial charge on any atom is -0.420 e. The zero-order valence-electron chi connectivity index (χ0n) is 22.0. The van der Waals surface area contributed by atoms with Crippen LogP contribution in [0.1, 0.15) is 45.3 Å². The maximum absolute atomic E-state index is 6.48. The molecule has 1 atom stereocenters. The van der Waals surface area contributed by atoms with Crippen LogP contribution in [0.4, 0.5) is 0 Å². The van der Waals surface area contributed by atoms with E-state index in [9.17, 15) is 0 Å². The number of aromatic nitrogens is 6. The van der Waals surface area contributed by atoms with Crippen molar-refractivity contribution >= 4 is 11.9 Å². The van der Waals surface area contributed by atoms with E-state index in [4.69, 9.17) is 19.7 Å². The van der Waals surface area contributed by atoms with Gasteiger partial charge in [-0.05, 0) is 37.1 Å². The summed E-state index contributed by atoms with van der Waals surface area (Å²) < 4.78 is 9.99. The third-order valence-electron chi connectivity index (χ3n) is 6.95. The van der Waals surface area contributed by atoms with Crippen LogP contribution in [0.5, 0.6) is 11.8 Å². The summed E-state index contributed by atoms with van der Waals surface area (Å²) in [6, 6.07) is 28.2. The SMILES string of the molecule is Cc1ccc([C@@H]2c3c(C)nn(-c4ccccc4)c3Oc3ncn4nc(CO/N=C\c5ccccc5)nc4c32)cc1. The van der Waals surface area contributed by atoms with Gasteiger partial charge in [-0.15, -0.1) is 5.10 Å². The van der Waals surface area contributed by atoms with Gasteiger partial charge >= 0.3 is 0 Å². The molecule has 0 bridgehead atoms. The van der Waals surface area contributed by atoms with Gasteiger partial charge in [-0.2, -0.15) is 5.10 Å². The van der Waals surface area contributed by atoms with Crippen LogP contribution in [0.2, 0.25) is 0 Å². The summed E-state index contributed by atoms with van der Waals surface area (Å²) in [6.07, 6.45) is 3.28. The Morgan fingerprint density at radius 1 is 0.900 bits per heavy atom. The molecule has 6 aromatic rings. The lowest BCUT2D eigenvalue weighted by Crippen LogP contribution is -2.16. The first-order valence-electron chi connectivity index (χ1n) is 13.0. The van der Waals surface area contributed by atoms with E-state index in [0.717, 1.165) is 33.6 Å². The van der Waals surface area contributed by atoms with Crippen molar-refractivity contribution in [3.8, 4) is 17.4 Å². The average molecular weight is 528 g/mol. The second-order valence-corrected chi connectivity index (χ2v) is 9.68. The predicted molar refractivity (Wildman–Crippen MR) is 150 cm³/mol. The fourth-order valence-electron chi connectivity index (χ4n) is 5.05. The van der Waals surface area contributed by atoms with Crippen LogP contribution in [0.25, 0.3) is 11.3 Å². The lowest BCUT2D eigenvalue weighted by molar-refractivity contribution is 0.126. The van der Waals surface area contributed by atoms with Gasteiger partial charge in [0.1, 0.15) is 6.33 Å². The molecule has 3 aromatic heterocycles. The summed E-state index contributed by atoms with van der Waals surface area (Å²) >= 11 is 0. The maximum Gasteiger partial charge on any atom is 0.230 e. The van der Waals surface area contributed by atoms with Crippen LogP contribution in [0.3, 0.4) is 0 Å². The molecule has 196 valence electrons. The highest BCUT2D eigenvalue weighted by atomic mass is 16.6. The summed E-state index contributed by atoms with van der Waals surface area (Å²) in [4.78, 5) is 15.0. The Bertz CT molecular complexity index is 1840. The number of hydrogen-bond acceptors (Lipinski definition) is 7. The zero-order chi connectivity index (χ0) is 27.1. The highest BCUT2D eigenvalue weighted by Crippen LogP contribution is 2.49. The number of oxime groups is 1. The molecule has 0 N–H and O–H groups in total. The standard InChI is InChI=1S/C31H25N7O2/c1-20-13-15-23(16-14-20)27-26-21(2)35-38(24-11-7-4-8-12-24)31(26)40-30-28(27)29-34-25(36-37(29)19-32-30)18-39-33-17-22-9-5-3-6-10-22/h3-17,19,27H,18H2,1-2H3/b33-17-/t27-/m1/s1. The summed E-state index contributed by atoms with van der Waals surface area (Å²) in [5.41, 5.74) is 7.47. The van der Waals surface area contributed by atoms with Crippen molar-refractivity contribution in [1.82, 2.24) is 29.4 Å². The molecular weight excluding hydrogens is 502 g/mol. The van der Waals surface area contributed by atoms with Gasteiger partial charge < -0.3 is 9.57 Å². The molecule has 40 heavy (non-hydrogen) atoms. The Morgan fingerprint density at radius 2 is 1.65 bits per heavy atom. The predicted octanol–water partition coefficient (Wildman–Crippen LogP) is 5.76. The molecule has 9 nitrogen and oxygen atoms in total. The lowest BCUT2D eigenvalue weighted by Gasteiger charge is -2.26. The summed E-state index contributed by atoms with van der Waals surface area (Å²) in [5, 5.41) is 13.6. The molecule has 0 amide bonds. The van der Waals surface area contributed by atoms with E-state index < -0.39 is 0 Å². The van der Waals surface area contributed by atoms with E-state index >= 15 is 0 Å². The lowest BCUT2D eigenvalue weighted by atomic mass is 9.84. The number of hydrogen-bond donors (Lipinski definition) is 0. The van der Waals surface area contributed by atoms with Crippen LogP contribution >= 0.6 is 0 Å². The van der Waals surface area contributed by atoms with E-state index in [2.05, 4.69) is 46.4 Å². The summed E-state index contributed by atoms with van der Waals surface area (Å²) in [5.74, 6) is 1.41. The van der Waals surface area contributed by atoms with E-state index in [1.54, 1.807) is 17.1 Å². The molecule has 7 rings (SSSR count). The van der Waals surface area contributed by atoms with Gasteiger partial charge in [-0.25, -0.2) is 19.2 Å². The number of fused-ring (bicyclic) bond motifs is 4. The van der Waals surface area contributed by atoms with Gasteiger partial charge in [-0.3, -0.25) is 0 Å². The van der Waals surface area contributed by atoms with Crippen molar-refractivity contribution in [1.29, 1.82) is 0 Å². The number of aryl methyl sites for hydroxylation is 2. The van der Waals surface area contributed by atoms with Crippen molar-refractivity contribution in [2.45, 2.75) is 26.4 Å². The summed E-state index contributed by atoms with van der Waals surface area (Å²) in [7, 11) is 0. The first kappa shape index (κ1) is 23.8. The Hall–Kier alpha value is -5.31. The Kier molecular flexibility index (Phi) is 5.81. The smallest absolute Gasteiger partial charge is 0.230 e. The molecule has 3 aromatic carbocycles. The number of rotatable bonds is 6. The normalized spacial score (nSPS) is 14.2. The minimum atomic E-state index is -0.206. The molecule has 0 spiro atoms. The van der Waals surface area contributed by atoms with Crippen LogP contribution < -0.4 is 4.74 Å². The number of para-hydroxylation sites is 1. The van der Waals surface area contributed by atoms with Crippen LogP contribution in [0.15, 0.2) is 96.4 Å². The van der Waals surface area contributed by atoms with Crippen LogP contribution in [-0.4, -0.2) is 35.6 Å². The average Bonchev–Trinajstić information content (AvgIpc) is 3.56. The van der Waals surface area contributed by atoms with Crippen LogP contribution in [-0.2, 0) is 11.4 Å². The van der Waals surface area contributed by atoms with Gasteiger partial charge in [0.15, 0.2) is 18.1 Å². The van der Waals surface area contributed by atoms with Crippen molar-refractivity contribution in [2.75, 3.05) is 0 Å². The topological polar surface area (TPSA) is 91.7 Å². The van der Waals surface area contributed by atoms with Gasteiger partial charge in [0.05, 0.1) is 34.6 Å². The molecule has 4 heterocycles. The van der Waals surface area contributed by atoms with Gasteiger partial charge in [-0.1, -0.05) is 83.5 Å². The quantitative estimate of drug-likeness (QED) is 0.202. The zero-order valence-corrected chi connectivity index (χ0v) is 22.0. The molecular formula is C31H25N7O2. The fraction of sp³-hybridized carbons (Fsp3) is 0.129. The Labute approximate surface area is 230 Å².